The van der Waals surface area contributed by atoms with Crippen LogP contribution in [0.5, 0.6) is 0 Å². The van der Waals surface area contributed by atoms with E-state index in [1.807, 2.05) is 86.0 Å². The van der Waals surface area contributed by atoms with Gasteiger partial charge in [-0.25, -0.2) is 9.98 Å². The van der Waals surface area contributed by atoms with Crippen molar-refractivity contribution in [3.05, 3.63) is 107 Å². The minimum Gasteiger partial charge on any atom is -0.379 e. The lowest BCUT2D eigenvalue weighted by molar-refractivity contribution is 0.0607. The van der Waals surface area contributed by atoms with Gasteiger partial charge in [-0.15, -0.1) is 0 Å². The summed E-state index contributed by atoms with van der Waals surface area (Å²) in [7, 11) is 2.15. The zero-order chi connectivity index (χ0) is 28.4. The highest BCUT2D eigenvalue weighted by Gasteiger charge is 2.15. The maximum atomic E-state index is 12.8. The van der Waals surface area contributed by atoms with E-state index < -0.39 is 0 Å². The van der Waals surface area contributed by atoms with Gasteiger partial charge in [0.05, 0.1) is 18.8 Å². The van der Waals surface area contributed by atoms with Crippen LogP contribution in [0.15, 0.2) is 110 Å². The first-order chi connectivity index (χ1) is 20.0. The van der Waals surface area contributed by atoms with Crippen LogP contribution in [0.3, 0.4) is 0 Å². The summed E-state index contributed by atoms with van der Waals surface area (Å²) in [5, 5.41) is 3.36. The van der Waals surface area contributed by atoms with Crippen molar-refractivity contribution in [2.45, 2.75) is 19.9 Å². The molecule has 4 aliphatic rings. The molecule has 1 aliphatic carbocycles. The van der Waals surface area contributed by atoms with Crippen LogP contribution in [0.2, 0.25) is 0 Å². The highest BCUT2D eigenvalue weighted by atomic mass is 16.7. The fraction of sp³-hybridized carbons (Fsp3) is 0.312. The van der Waals surface area contributed by atoms with Gasteiger partial charge in [-0.3, -0.25) is 14.7 Å². The molecule has 0 spiro atoms. The Morgan fingerprint density at radius 3 is 2.68 bits per heavy atom. The van der Waals surface area contributed by atoms with Crippen molar-refractivity contribution in [1.29, 1.82) is 0 Å². The van der Waals surface area contributed by atoms with Gasteiger partial charge in [0, 0.05) is 68.3 Å². The molecule has 5 rings (SSSR count). The number of guanidine groups is 1. The number of carbonyl (C=O) groups excluding carboxylic acids is 1. The number of hydrogen-bond donors (Lipinski definition) is 2. The number of benzene rings is 1. The second-order valence-electron chi connectivity index (χ2n) is 10.5. The molecule has 0 atom stereocenters. The monoisotopic (exact) mass is 551 g/mol. The summed E-state index contributed by atoms with van der Waals surface area (Å²) in [4.78, 5) is 37.1. The van der Waals surface area contributed by atoms with E-state index in [4.69, 9.17) is 9.83 Å². The number of amides is 1. The van der Waals surface area contributed by atoms with Crippen molar-refractivity contribution < 1.29 is 9.63 Å². The molecule has 9 nitrogen and oxygen atoms in total. The van der Waals surface area contributed by atoms with Gasteiger partial charge in [-0.1, -0.05) is 48.1 Å². The van der Waals surface area contributed by atoms with Gasteiger partial charge in [0.1, 0.15) is 0 Å². The number of likely N-dealkylation sites (N-methyl/N-ethyl adjacent to an activating group) is 1. The first-order valence-electron chi connectivity index (χ1n) is 14.0. The van der Waals surface area contributed by atoms with E-state index in [0.29, 0.717) is 36.8 Å². The smallest absolute Gasteiger partial charge is 0.283 e. The number of aliphatic imine (C=N–C) groups is 3. The maximum Gasteiger partial charge on any atom is 0.283 e. The summed E-state index contributed by atoms with van der Waals surface area (Å²) in [5.74, 6) is 0.712. The Balaban J connectivity index is 1.20. The highest BCUT2D eigenvalue weighted by molar-refractivity contribution is 6.24. The number of piperazine rings is 1. The number of carbonyl (C=O) groups is 1. The normalized spacial score (nSPS) is 19.9. The van der Waals surface area contributed by atoms with Crippen molar-refractivity contribution in [2.24, 2.45) is 15.0 Å². The zero-order valence-electron chi connectivity index (χ0n) is 23.7. The van der Waals surface area contributed by atoms with Gasteiger partial charge in [-0.2, -0.15) is 5.48 Å². The van der Waals surface area contributed by atoms with Crippen molar-refractivity contribution in [1.82, 2.24) is 20.6 Å². The molecule has 1 aromatic rings. The van der Waals surface area contributed by atoms with Gasteiger partial charge in [-0.05, 0) is 43.8 Å². The van der Waals surface area contributed by atoms with Crippen LogP contribution in [0.4, 0.5) is 0 Å². The first kappa shape index (κ1) is 28.2. The number of hydrogen-bond acceptors (Lipinski definition) is 8. The predicted molar refractivity (Wildman–Crippen MR) is 165 cm³/mol. The van der Waals surface area contributed by atoms with Crippen molar-refractivity contribution in [3.8, 4) is 0 Å². The van der Waals surface area contributed by atoms with Crippen molar-refractivity contribution >= 4 is 23.8 Å². The average Bonchev–Trinajstić information content (AvgIpc) is 3.45. The van der Waals surface area contributed by atoms with E-state index in [1.165, 1.54) is 5.56 Å². The largest absolute Gasteiger partial charge is 0.379 e. The highest BCUT2D eigenvalue weighted by Crippen LogP contribution is 2.17. The molecule has 41 heavy (non-hydrogen) atoms. The van der Waals surface area contributed by atoms with Crippen molar-refractivity contribution in [3.63, 3.8) is 0 Å². The third kappa shape index (κ3) is 8.33. The lowest BCUT2D eigenvalue weighted by Gasteiger charge is -2.32. The summed E-state index contributed by atoms with van der Waals surface area (Å²) in [6.07, 6.45) is 18.1. The van der Waals surface area contributed by atoms with Gasteiger partial charge in [0.2, 0.25) is 5.96 Å². The molecule has 1 saturated heterocycles. The summed E-state index contributed by atoms with van der Waals surface area (Å²) < 4.78 is 0. The molecule has 0 unspecified atom stereocenters. The van der Waals surface area contributed by atoms with E-state index in [9.17, 15) is 4.79 Å². The van der Waals surface area contributed by atoms with Gasteiger partial charge in [0.25, 0.3) is 5.91 Å². The van der Waals surface area contributed by atoms with Crippen LogP contribution in [0, 0.1) is 0 Å². The number of hydroxylamine groups is 1. The van der Waals surface area contributed by atoms with E-state index in [1.54, 1.807) is 0 Å². The maximum absolute atomic E-state index is 12.8. The number of rotatable bonds is 7. The van der Waals surface area contributed by atoms with E-state index >= 15 is 0 Å². The summed E-state index contributed by atoms with van der Waals surface area (Å²) in [6, 6.07) is 7.71. The van der Waals surface area contributed by atoms with Gasteiger partial charge < -0.3 is 15.1 Å². The van der Waals surface area contributed by atoms with Gasteiger partial charge >= 0.3 is 0 Å². The Hall–Kier alpha value is -4.34. The van der Waals surface area contributed by atoms with Crippen LogP contribution in [-0.2, 0) is 11.4 Å². The SMILES string of the molecule is CC1=CC=C(ONC(=O)c2ccc(CN3CCN(C)CC3)cc2)C=C(NC2=NCC=CC(C3=CC=CCN=C3)=N2)C1. The second kappa shape index (κ2) is 13.8. The molecule has 2 N–H and O–H groups in total. The average molecular weight is 552 g/mol. The molecule has 1 amide bonds. The Labute approximate surface area is 241 Å². The standard InChI is InChI=1S/C32H37N7O2/c1-24-8-13-29(41-37-31(40)26-11-9-25(10-12-26)23-39-18-16-38(2)17-19-39)21-28(20-24)35-32-34-15-5-7-30(36-32)27-6-3-4-14-33-22-27/h3-13,21-22H,14-20,23H2,1-2H3,(H,34,35)(H,37,40). The predicted octanol–water partition coefficient (Wildman–Crippen LogP) is 3.74. The van der Waals surface area contributed by atoms with E-state index in [0.717, 1.165) is 55.3 Å². The van der Waals surface area contributed by atoms with Crippen LogP contribution in [-0.4, -0.2) is 79.9 Å². The lowest BCUT2D eigenvalue weighted by atomic mass is 10.1. The summed E-state index contributed by atoms with van der Waals surface area (Å²) >= 11 is 0. The molecule has 3 aliphatic heterocycles. The Morgan fingerprint density at radius 2 is 1.85 bits per heavy atom. The molecule has 0 bridgehead atoms. The zero-order valence-corrected chi connectivity index (χ0v) is 23.7. The Morgan fingerprint density at radius 1 is 1.02 bits per heavy atom. The third-order valence-electron chi connectivity index (χ3n) is 7.07. The molecule has 212 valence electrons. The topological polar surface area (TPSA) is 93.9 Å². The van der Waals surface area contributed by atoms with E-state index in [2.05, 4.69) is 37.6 Å². The molecule has 1 fully saturated rings. The lowest BCUT2D eigenvalue weighted by Crippen LogP contribution is -2.43. The van der Waals surface area contributed by atoms with Crippen LogP contribution >= 0.6 is 0 Å². The fourth-order valence-electron chi connectivity index (χ4n) is 4.69. The number of allylic oxidation sites excluding steroid dienone is 8. The first-order valence-corrected chi connectivity index (χ1v) is 14.0. The molecule has 1 aromatic carbocycles. The van der Waals surface area contributed by atoms with Crippen molar-refractivity contribution in [2.75, 3.05) is 46.3 Å². The third-order valence-corrected chi connectivity index (χ3v) is 7.07. The molecular formula is C32H37N7O2. The Bertz CT molecular complexity index is 1400. The number of nitrogens with one attached hydrogen (secondary N) is 2. The molecule has 3 heterocycles. The van der Waals surface area contributed by atoms with Crippen LogP contribution < -0.4 is 10.8 Å². The van der Waals surface area contributed by atoms with E-state index in [-0.39, 0.29) is 5.91 Å². The summed E-state index contributed by atoms with van der Waals surface area (Å²) in [6.45, 7) is 8.38. The number of nitrogens with zero attached hydrogens (tertiary/aromatic N) is 5. The summed E-state index contributed by atoms with van der Waals surface area (Å²) in [5.41, 5.74) is 8.03. The quantitative estimate of drug-likeness (QED) is 0.504. The second-order valence-corrected chi connectivity index (χ2v) is 10.5. The minimum atomic E-state index is -0.300. The fourth-order valence-corrected chi connectivity index (χ4v) is 4.69. The molecule has 0 aromatic heterocycles. The van der Waals surface area contributed by atoms with Crippen LogP contribution in [0.1, 0.15) is 29.3 Å². The Kier molecular flexibility index (Phi) is 9.51. The van der Waals surface area contributed by atoms with Gasteiger partial charge in [0.15, 0.2) is 5.76 Å². The molecule has 0 radical (unpaired) electrons. The molecule has 0 saturated carbocycles. The molecular weight excluding hydrogens is 514 g/mol. The minimum absolute atomic E-state index is 0.300. The van der Waals surface area contributed by atoms with Crippen LogP contribution in [0.25, 0.3) is 0 Å². The molecule has 9 heteroatoms.